The molecule has 0 radical (unpaired) electrons. The van der Waals surface area contributed by atoms with Gasteiger partial charge in [0, 0.05) is 23.2 Å². The first-order valence-corrected chi connectivity index (χ1v) is 11.0. The molecule has 0 saturated heterocycles. The first kappa shape index (κ1) is 22.6. The van der Waals surface area contributed by atoms with Crippen molar-refractivity contribution < 1.29 is 19.9 Å². The third-order valence-corrected chi connectivity index (χ3v) is 6.30. The topological polar surface area (TPSA) is 108 Å². The number of rotatable bonds is 8. The van der Waals surface area contributed by atoms with Gasteiger partial charge in [0.25, 0.3) is 0 Å². The van der Waals surface area contributed by atoms with Crippen LogP contribution < -0.4 is 0 Å². The van der Waals surface area contributed by atoms with E-state index in [1.807, 2.05) is 20.8 Å². The van der Waals surface area contributed by atoms with E-state index in [2.05, 4.69) is 15.0 Å². The zero-order valence-corrected chi connectivity index (χ0v) is 18.2. The van der Waals surface area contributed by atoms with Gasteiger partial charge in [-0.15, -0.1) is 0 Å². The fourth-order valence-corrected chi connectivity index (χ4v) is 4.83. The number of nitrogens with zero attached hydrogens (tertiary/aromatic N) is 4. The van der Waals surface area contributed by atoms with Gasteiger partial charge < -0.3 is 9.94 Å². The maximum atomic E-state index is 12.2. The second-order valence-electron chi connectivity index (χ2n) is 9.63. The summed E-state index contributed by atoms with van der Waals surface area (Å²) < 4.78 is 0. The summed E-state index contributed by atoms with van der Waals surface area (Å²) in [6.07, 6.45) is 12.9. The fraction of sp³-hybridized carbons (Fsp3) is 0.727. The number of hydroxylamine groups is 2. The molecule has 0 aromatic carbocycles. The molecule has 1 aromatic rings. The third kappa shape index (κ3) is 5.55. The molecule has 1 aliphatic carbocycles. The average molecular weight is 419 g/mol. The summed E-state index contributed by atoms with van der Waals surface area (Å²) in [5.41, 5.74) is 0.0974. The van der Waals surface area contributed by atoms with E-state index in [0.29, 0.717) is 17.2 Å². The predicted octanol–water partition coefficient (Wildman–Crippen LogP) is 4.62. The monoisotopic (exact) mass is 418 g/mol. The molecule has 1 fully saturated rings. The lowest BCUT2D eigenvalue weighted by Crippen LogP contribution is -2.39. The average Bonchev–Trinajstić information content (AvgIpc) is 3.09. The molecule has 8 nitrogen and oxygen atoms in total. The standard InChI is InChI=1S/C22H34N4O4/c1-22(2,3)18(21(27)28)17(11-7-10-15-8-5-4-6-9-15)20-25-19(26(29)30-20)16-12-23-14-24-13-16/h12-15,17-19,29H,4-11H2,1-3H3,(H,27,28)/t17-,18?,19?/m1/s1. The number of hydrogen-bond acceptors (Lipinski definition) is 7. The molecule has 0 amide bonds. The number of aromatic nitrogens is 2. The summed E-state index contributed by atoms with van der Waals surface area (Å²) in [5, 5.41) is 21.0. The smallest absolute Gasteiger partial charge is 0.307 e. The summed E-state index contributed by atoms with van der Waals surface area (Å²) in [4.78, 5) is 30.3. The first-order valence-electron chi connectivity index (χ1n) is 11.0. The second-order valence-corrected chi connectivity index (χ2v) is 9.63. The highest BCUT2D eigenvalue weighted by atomic mass is 16.9. The zero-order valence-electron chi connectivity index (χ0n) is 18.2. The summed E-state index contributed by atoms with van der Waals surface area (Å²) in [6, 6.07) is 0. The molecule has 8 heteroatoms. The predicted molar refractivity (Wildman–Crippen MR) is 111 cm³/mol. The molecular weight excluding hydrogens is 384 g/mol. The van der Waals surface area contributed by atoms with Crippen molar-refractivity contribution in [2.75, 3.05) is 0 Å². The van der Waals surface area contributed by atoms with Crippen molar-refractivity contribution in [3.05, 3.63) is 24.3 Å². The summed E-state index contributed by atoms with van der Waals surface area (Å²) in [6.45, 7) is 5.78. The molecule has 0 spiro atoms. The SMILES string of the molecule is CC(C)(C)C(C(=O)O)[C@@H](CCCC1CCCCC1)C1=NC(c2cncnc2)N(O)O1. The van der Waals surface area contributed by atoms with Gasteiger partial charge >= 0.3 is 5.97 Å². The van der Waals surface area contributed by atoms with Gasteiger partial charge in [0.15, 0.2) is 6.17 Å². The quantitative estimate of drug-likeness (QED) is 0.634. The van der Waals surface area contributed by atoms with Crippen LogP contribution in [0.4, 0.5) is 0 Å². The molecular formula is C22H34N4O4. The highest BCUT2D eigenvalue weighted by Crippen LogP contribution is 2.40. The molecule has 1 saturated carbocycles. The number of aliphatic imine (C=N–C) groups is 1. The van der Waals surface area contributed by atoms with Gasteiger partial charge in [0.05, 0.1) is 11.8 Å². The zero-order chi connectivity index (χ0) is 21.7. The molecule has 2 heterocycles. The molecule has 2 aliphatic rings. The maximum Gasteiger partial charge on any atom is 0.307 e. The number of carbonyl (C=O) groups is 1. The van der Waals surface area contributed by atoms with Gasteiger partial charge in [-0.3, -0.25) is 10.0 Å². The van der Waals surface area contributed by atoms with Crippen LogP contribution in [-0.4, -0.2) is 37.4 Å². The van der Waals surface area contributed by atoms with Crippen molar-refractivity contribution in [2.45, 2.75) is 78.3 Å². The number of hydrogen-bond donors (Lipinski definition) is 2. The summed E-state index contributed by atoms with van der Waals surface area (Å²) in [5.74, 6) is -0.964. The molecule has 2 N–H and O–H groups in total. The lowest BCUT2D eigenvalue weighted by atomic mass is 9.71. The van der Waals surface area contributed by atoms with Crippen LogP contribution in [0.5, 0.6) is 0 Å². The van der Waals surface area contributed by atoms with E-state index < -0.39 is 29.4 Å². The minimum Gasteiger partial charge on any atom is -0.481 e. The van der Waals surface area contributed by atoms with Gasteiger partial charge in [0.2, 0.25) is 5.90 Å². The van der Waals surface area contributed by atoms with E-state index in [1.165, 1.54) is 38.4 Å². The molecule has 3 atom stereocenters. The van der Waals surface area contributed by atoms with Crippen LogP contribution in [0.2, 0.25) is 0 Å². The molecule has 166 valence electrons. The molecule has 0 bridgehead atoms. The minimum absolute atomic E-state index is 0.275. The van der Waals surface area contributed by atoms with Gasteiger partial charge in [-0.1, -0.05) is 65.7 Å². The Morgan fingerprint density at radius 2 is 1.90 bits per heavy atom. The van der Waals surface area contributed by atoms with Gasteiger partial charge in [-0.05, 0) is 17.8 Å². The number of carboxylic acid groups (broad SMARTS) is 1. The van der Waals surface area contributed by atoms with Crippen LogP contribution in [0.15, 0.2) is 23.7 Å². The third-order valence-electron chi connectivity index (χ3n) is 6.30. The van der Waals surface area contributed by atoms with Crippen molar-refractivity contribution >= 4 is 11.9 Å². The van der Waals surface area contributed by atoms with Gasteiger partial charge in [0.1, 0.15) is 6.33 Å². The normalized spacial score (nSPS) is 22.9. The molecule has 30 heavy (non-hydrogen) atoms. The fourth-order valence-electron chi connectivity index (χ4n) is 4.83. The van der Waals surface area contributed by atoms with Gasteiger partial charge in [-0.2, -0.15) is 0 Å². The summed E-state index contributed by atoms with van der Waals surface area (Å²) >= 11 is 0. The van der Waals surface area contributed by atoms with Crippen LogP contribution in [-0.2, 0) is 9.63 Å². The Balaban J connectivity index is 1.80. The minimum atomic E-state index is -0.868. The Morgan fingerprint density at radius 3 is 2.50 bits per heavy atom. The lowest BCUT2D eigenvalue weighted by Gasteiger charge is -2.33. The van der Waals surface area contributed by atoms with Crippen molar-refractivity contribution in [3.8, 4) is 0 Å². The Kier molecular flexibility index (Phi) is 7.41. The van der Waals surface area contributed by atoms with E-state index in [0.717, 1.165) is 18.8 Å². The number of aliphatic carboxylic acids is 1. The maximum absolute atomic E-state index is 12.2. The van der Waals surface area contributed by atoms with E-state index >= 15 is 0 Å². The summed E-state index contributed by atoms with van der Waals surface area (Å²) in [7, 11) is 0. The molecule has 1 aromatic heterocycles. The largest absolute Gasteiger partial charge is 0.481 e. The van der Waals surface area contributed by atoms with Crippen molar-refractivity contribution in [1.82, 2.24) is 15.2 Å². The van der Waals surface area contributed by atoms with Crippen LogP contribution in [0.1, 0.15) is 83.9 Å². The molecule has 1 aliphatic heterocycles. The van der Waals surface area contributed by atoms with Crippen LogP contribution >= 0.6 is 0 Å². The van der Waals surface area contributed by atoms with E-state index in [9.17, 15) is 15.1 Å². The lowest BCUT2D eigenvalue weighted by molar-refractivity contribution is -0.306. The highest BCUT2D eigenvalue weighted by molar-refractivity contribution is 5.85. The number of carboxylic acids is 1. The van der Waals surface area contributed by atoms with Crippen LogP contribution in [0.25, 0.3) is 0 Å². The Bertz CT molecular complexity index is 728. The van der Waals surface area contributed by atoms with Gasteiger partial charge in [-0.25, -0.2) is 15.0 Å². The van der Waals surface area contributed by atoms with Crippen molar-refractivity contribution in [1.29, 1.82) is 0 Å². The van der Waals surface area contributed by atoms with E-state index in [1.54, 1.807) is 12.4 Å². The Labute approximate surface area is 178 Å². The highest BCUT2D eigenvalue weighted by Gasteiger charge is 2.44. The van der Waals surface area contributed by atoms with E-state index in [4.69, 9.17) is 4.84 Å². The molecule has 3 rings (SSSR count). The van der Waals surface area contributed by atoms with E-state index in [-0.39, 0.29) is 5.90 Å². The van der Waals surface area contributed by atoms with Crippen molar-refractivity contribution in [2.24, 2.45) is 28.2 Å². The molecule has 2 unspecified atom stereocenters. The Morgan fingerprint density at radius 1 is 1.23 bits per heavy atom. The second kappa shape index (κ2) is 9.83. The van der Waals surface area contributed by atoms with Crippen LogP contribution in [0, 0.1) is 23.2 Å². The Hall–Kier alpha value is -2.06. The first-order chi connectivity index (χ1) is 14.3. The van der Waals surface area contributed by atoms with Crippen LogP contribution in [0.3, 0.4) is 0 Å². The van der Waals surface area contributed by atoms with Crippen molar-refractivity contribution in [3.63, 3.8) is 0 Å².